The largest absolute Gasteiger partial charge is 0.337 e. The third-order valence-electron chi connectivity index (χ3n) is 4.02. The molecule has 4 heteroatoms. The fourth-order valence-electron chi connectivity index (χ4n) is 2.67. The summed E-state index contributed by atoms with van der Waals surface area (Å²) in [5.41, 5.74) is 2.53. The molecule has 1 aromatic heterocycles. The molecule has 3 rings (SSSR count). The average Bonchev–Trinajstić information content (AvgIpc) is 3.00. The molecule has 1 aliphatic heterocycles. The van der Waals surface area contributed by atoms with Crippen LogP contribution in [-0.4, -0.2) is 23.9 Å². The number of thiophene rings is 1. The summed E-state index contributed by atoms with van der Waals surface area (Å²) in [6.07, 6.45) is 0.993. The molecule has 0 radical (unpaired) electrons. The molecule has 0 saturated carbocycles. The van der Waals surface area contributed by atoms with E-state index in [9.17, 15) is 4.79 Å². The first kappa shape index (κ1) is 14.3. The van der Waals surface area contributed by atoms with Gasteiger partial charge in [0.1, 0.15) is 0 Å². The van der Waals surface area contributed by atoms with E-state index in [1.54, 1.807) is 11.3 Å². The van der Waals surface area contributed by atoms with Crippen LogP contribution < -0.4 is 5.32 Å². The number of nitrogens with zero attached hydrogens (tertiary/aromatic N) is 1. The normalized spacial score (nSPS) is 15.6. The van der Waals surface area contributed by atoms with E-state index in [1.807, 2.05) is 23.1 Å². The summed E-state index contributed by atoms with van der Waals surface area (Å²) in [5, 5.41) is 5.44. The van der Waals surface area contributed by atoms with Gasteiger partial charge in [0, 0.05) is 24.0 Å². The summed E-state index contributed by atoms with van der Waals surface area (Å²) < 4.78 is 0. The molecule has 110 valence electrons. The van der Waals surface area contributed by atoms with E-state index < -0.39 is 0 Å². The number of carbonyl (C=O) groups excluding carboxylic acids is 1. The molecule has 0 unspecified atom stereocenters. The molecule has 0 spiro atoms. The van der Waals surface area contributed by atoms with Crippen molar-refractivity contribution in [3.05, 3.63) is 57.8 Å². The Morgan fingerprint density at radius 1 is 1.33 bits per heavy atom. The first-order valence-electron chi connectivity index (χ1n) is 7.35. The van der Waals surface area contributed by atoms with Crippen molar-refractivity contribution in [1.82, 2.24) is 10.2 Å². The van der Waals surface area contributed by atoms with Crippen LogP contribution in [0, 0.1) is 0 Å². The fraction of sp³-hybridized carbons (Fsp3) is 0.353. The fourth-order valence-corrected chi connectivity index (χ4v) is 3.56. The van der Waals surface area contributed by atoms with Crippen LogP contribution in [0.3, 0.4) is 0 Å². The minimum absolute atomic E-state index is 0.189. The highest BCUT2D eigenvalue weighted by molar-refractivity contribution is 7.10. The lowest BCUT2D eigenvalue weighted by Crippen LogP contribution is -2.41. The molecule has 2 heterocycles. The molecular formula is C17H20N2OS. The van der Waals surface area contributed by atoms with Crippen LogP contribution in [0.25, 0.3) is 0 Å². The Balaban J connectivity index is 1.53. The lowest BCUT2D eigenvalue weighted by molar-refractivity contribution is -0.131. The molecule has 0 bridgehead atoms. The van der Waals surface area contributed by atoms with Crippen LogP contribution in [0.2, 0.25) is 0 Å². The van der Waals surface area contributed by atoms with E-state index in [1.165, 1.54) is 16.0 Å². The van der Waals surface area contributed by atoms with Gasteiger partial charge >= 0.3 is 0 Å². The van der Waals surface area contributed by atoms with E-state index >= 15 is 0 Å². The number of nitrogens with one attached hydrogen (secondary N) is 1. The third-order valence-corrected chi connectivity index (χ3v) is 5.04. The van der Waals surface area contributed by atoms with E-state index in [2.05, 4.69) is 35.8 Å². The lowest BCUT2D eigenvalue weighted by Gasteiger charge is -2.27. The second kappa shape index (κ2) is 6.41. The highest BCUT2D eigenvalue weighted by Crippen LogP contribution is 2.23. The van der Waals surface area contributed by atoms with Crippen LogP contribution in [0.15, 0.2) is 41.8 Å². The van der Waals surface area contributed by atoms with Crippen LogP contribution in [0.5, 0.6) is 0 Å². The van der Waals surface area contributed by atoms with Gasteiger partial charge in [-0.2, -0.15) is 0 Å². The van der Waals surface area contributed by atoms with Crippen molar-refractivity contribution in [1.29, 1.82) is 0 Å². The molecule has 1 N–H and O–H groups in total. The van der Waals surface area contributed by atoms with Gasteiger partial charge in [0.15, 0.2) is 0 Å². The maximum Gasteiger partial charge on any atom is 0.236 e. The van der Waals surface area contributed by atoms with Gasteiger partial charge in [-0.3, -0.25) is 4.79 Å². The average molecular weight is 300 g/mol. The molecule has 1 atom stereocenters. The highest BCUT2D eigenvalue weighted by Gasteiger charge is 2.21. The zero-order valence-electron chi connectivity index (χ0n) is 12.2. The zero-order valence-corrected chi connectivity index (χ0v) is 13.0. The van der Waals surface area contributed by atoms with Crippen molar-refractivity contribution in [3.63, 3.8) is 0 Å². The van der Waals surface area contributed by atoms with Gasteiger partial charge in [0.05, 0.1) is 6.54 Å². The molecule has 1 amide bonds. The Hall–Kier alpha value is -1.65. The molecule has 3 nitrogen and oxygen atoms in total. The van der Waals surface area contributed by atoms with Gasteiger partial charge in [-0.25, -0.2) is 0 Å². The Morgan fingerprint density at radius 2 is 2.14 bits per heavy atom. The van der Waals surface area contributed by atoms with Gasteiger partial charge < -0.3 is 10.2 Å². The van der Waals surface area contributed by atoms with Crippen molar-refractivity contribution in [2.75, 3.05) is 13.1 Å². The molecule has 0 saturated heterocycles. The number of rotatable bonds is 4. The molecule has 1 aromatic carbocycles. The van der Waals surface area contributed by atoms with E-state index in [0.717, 1.165) is 19.5 Å². The molecule has 1 aliphatic rings. The van der Waals surface area contributed by atoms with Crippen molar-refractivity contribution in [2.45, 2.75) is 25.9 Å². The summed E-state index contributed by atoms with van der Waals surface area (Å²) >= 11 is 1.80. The number of amides is 1. The number of hydrogen-bond acceptors (Lipinski definition) is 3. The van der Waals surface area contributed by atoms with Gasteiger partial charge in [0.2, 0.25) is 5.91 Å². The summed E-state index contributed by atoms with van der Waals surface area (Å²) in [4.78, 5) is 15.7. The van der Waals surface area contributed by atoms with Crippen LogP contribution >= 0.6 is 11.3 Å². The minimum atomic E-state index is 0.189. The van der Waals surface area contributed by atoms with Crippen LogP contribution in [-0.2, 0) is 17.8 Å². The quantitative estimate of drug-likeness (QED) is 0.941. The zero-order chi connectivity index (χ0) is 14.7. The van der Waals surface area contributed by atoms with Crippen LogP contribution in [0.4, 0.5) is 0 Å². The first-order valence-corrected chi connectivity index (χ1v) is 8.23. The van der Waals surface area contributed by atoms with Gasteiger partial charge in [-0.15, -0.1) is 11.3 Å². The standard InChI is InChI=1S/C17H20N2OS/c1-13(14-5-3-2-4-6-14)18-11-17(20)19-9-7-16-15(12-19)8-10-21-16/h2-6,8,10,13,18H,7,9,11-12H2,1H3/t13-/m1/s1. The van der Waals surface area contributed by atoms with Gasteiger partial charge in [-0.05, 0) is 35.9 Å². The maximum atomic E-state index is 12.3. The Morgan fingerprint density at radius 3 is 2.95 bits per heavy atom. The second-order valence-corrected chi connectivity index (χ2v) is 6.45. The Bertz CT molecular complexity index is 608. The third kappa shape index (κ3) is 3.34. The smallest absolute Gasteiger partial charge is 0.236 e. The SMILES string of the molecule is C[C@@H](NCC(=O)N1CCc2sccc2C1)c1ccccc1. The predicted molar refractivity (Wildman–Crippen MR) is 86.3 cm³/mol. The predicted octanol–water partition coefficient (Wildman–Crippen LogP) is 2.98. The maximum absolute atomic E-state index is 12.3. The summed E-state index contributed by atoms with van der Waals surface area (Å²) in [6, 6.07) is 12.6. The van der Waals surface area contributed by atoms with E-state index in [-0.39, 0.29) is 11.9 Å². The molecule has 21 heavy (non-hydrogen) atoms. The summed E-state index contributed by atoms with van der Waals surface area (Å²) in [6.45, 7) is 4.10. The molecule has 2 aromatic rings. The van der Waals surface area contributed by atoms with Crippen LogP contribution in [0.1, 0.15) is 29.0 Å². The van der Waals surface area contributed by atoms with Gasteiger partial charge in [0.25, 0.3) is 0 Å². The second-order valence-electron chi connectivity index (χ2n) is 5.45. The van der Waals surface area contributed by atoms with Crippen molar-refractivity contribution in [2.24, 2.45) is 0 Å². The topological polar surface area (TPSA) is 32.3 Å². The summed E-state index contributed by atoms with van der Waals surface area (Å²) in [5.74, 6) is 0.189. The molecular weight excluding hydrogens is 280 g/mol. The number of fused-ring (bicyclic) bond motifs is 1. The number of carbonyl (C=O) groups is 1. The lowest BCUT2D eigenvalue weighted by atomic mass is 10.1. The van der Waals surface area contributed by atoms with Crippen molar-refractivity contribution < 1.29 is 4.79 Å². The Kier molecular flexibility index (Phi) is 4.36. The van der Waals surface area contributed by atoms with E-state index in [4.69, 9.17) is 0 Å². The number of benzene rings is 1. The Labute approximate surface area is 129 Å². The summed E-state index contributed by atoms with van der Waals surface area (Å²) in [7, 11) is 0. The molecule has 0 aliphatic carbocycles. The highest BCUT2D eigenvalue weighted by atomic mass is 32.1. The minimum Gasteiger partial charge on any atom is -0.337 e. The molecule has 0 fully saturated rings. The van der Waals surface area contributed by atoms with E-state index in [0.29, 0.717) is 6.54 Å². The first-order chi connectivity index (χ1) is 10.2. The number of hydrogen-bond donors (Lipinski definition) is 1. The van der Waals surface area contributed by atoms with Gasteiger partial charge in [-0.1, -0.05) is 30.3 Å². The van der Waals surface area contributed by atoms with Crippen molar-refractivity contribution in [3.8, 4) is 0 Å². The van der Waals surface area contributed by atoms with Crippen molar-refractivity contribution >= 4 is 17.2 Å². The monoisotopic (exact) mass is 300 g/mol.